The molecule has 1 aliphatic heterocycles. The number of fused-ring (bicyclic) bond motifs is 1. The van der Waals surface area contributed by atoms with Crippen molar-refractivity contribution in [2.45, 2.75) is 32.5 Å². The minimum atomic E-state index is -0.0686. The molecule has 0 spiro atoms. The van der Waals surface area contributed by atoms with Crippen molar-refractivity contribution >= 4 is 34.5 Å². The second-order valence-electron chi connectivity index (χ2n) is 10.6. The first-order valence-corrected chi connectivity index (χ1v) is 14.3. The molecule has 4 aromatic rings. The number of aliphatic imine (C=N–C) groups is 1. The number of allylic oxidation sites excluding steroid dienone is 1. The molecule has 1 fully saturated rings. The predicted molar refractivity (Wildman–Crippen MR) is 167 cm³/mol. The second kappa shape index (κ2) is 14.6. The van der Waals surface area contributed by atoms with Crippen LogP contribution in [0.4, 0.5) is 11.6 Å². The van der Waals surface area contributed by atoms with E-state index in [1.54, 1.807) is 24.8 Å². The van der Waals surface area contributed by atoms with E-state index < -0.39 is 0 Å². The van der Waals surface area contributed by atoms with E-state index in [9.17, 15) is 0 Å². The Morgan fingerprint density at radius 2 is 1.90 bits per heavy atom. The molecule has 5 rings (SSSR count). The summed E-state index contributed by atoms with van der Waals surface area (Å²) in [5.41, 5.74) is 11.4. The maximum Gasteiger partial charge on any atom is 0.154 e. The lowest BCUT2D eigenvalue weighted by Crippen LogP contribution is -2.42. The highest BCUT2D eigenvalue weighted by Gasteiger charge is 2.17. The van der Waals surface area contributed by atoms with E-state index in [4.69, 9.17) is 25.2 Å². The van der Waals surface area contributed by atoms with E-state index in [1.165, 1.54) is 0 Å². The minimum absolute atomic E-state index is 0.0686. The zero-order valence-corrected chi connectivity index (χ0v) is 24.2. The van der Waals surface area contributed by atoms with Gasteiger partial charge < -0.3 is 20.5 Å². The number of hydrogen-bond acceptors (Lipinski definition) is 10. The molecule has 1 saturated heterocycles. The quantitative estimate of drug-likeness (QED) is 0.237. The first-order chi connectivity index (χ1) is 20.6. The van der Waals surface area contributed by atoms with E-state index in [2.05, 4.69) is 51.4 Å². The number of anilines is 2. The van der Waals surface area contributed by atoms with Crippen LogP contribution in [-0.4, -0.2) is 76.8 Å². The molecule has 0 amide bonds. The first-order valence-electron chi connectivity index (χ1n) is 14.3. The van der Waals surface area contributed by atoms with E-state index in [0.717, 1.165) is 66.1 Å². The third-order valence-corrected chi connectivity index (χ3v) is 7.08. The highest BCUT2D eigenvalue weighted by molar-refractivity contribution is 6.10. The molecule has 0 aliphatic carbocycles. The van der Waals surface area contributed by atoms with Gasteiger partial charge in [0.25, 0.3) is 0 Å². The summed E-state index contributed by atoms with van der Waals surface area (Å²) in [6.07, 6.45) is 6.83. The summed E-state index contributed by atoms with van der Waals surface area (Å²) < 4.78 is 11.8. The molecule has 1 unspecified atom stereocenters. The van der Waals surface area contributed by atoms with Gasteiger partial charge in [0, 0.05) is 49.4 Å². The Morgan fingerprint density at radius 3 is 2.69 bits per heavy atom. The number of nitrogens with zero attached hydrogens (tertiary/aromatic N) is 6. The van der Waals surface area contributed by atoms with Crippen LogP contribution in [-0.2, 0) is 16.1 Å². The normalized spacial score (nSPS) is 15.5. The van der Waals surface area contributed by atoms with Crippen molar-refractivity contribution in [2.24, 2.45) is 10.7 Å². The number of nitrogens with one attached hydrogen (secondary N) is 1. The summed E-state index contributed by atoms with van der Waals surface area (Å²) in [5, 5.41) is 11.6. The third-order valence-electron chi connectivity index (χ3n) is 7.08. The number of nitrogens with two attached hydrogens (primary N) is 1. The lowest BCUT2D eigenvalue weighted by atomic mass is 10.1. The standard InChI is InChI=1S/C32H38N8O2/c1-23(2)25-15-32(39-36-19-25)38-31-9-8-29-30(37-31)14-26(18-35-29)27(16-33)17-34-20-28(21-40-10-12-41-13-11-40)42-22-24-6-4-3-5-7-24/h3-9,14-19,23,28H,10-13,20-22,33H2,1-2H3,(H,37,38,39). The molecule has 1 atom stereocenters. The summed E-state index contributed by atoms with van der Waals surface area (Å²) in [4.78, 5) is 16.5. The predicted octanol–water partition coefficient (Wildman–Crippen LogP) is 4.57. The van der Waals surface area contributed by atoms with Gasteiger partial charge in [-0.05, 0) is 41.3 Å². The lowest BCUT2D eigenvalue weighted by Gasteiger charge is -2.30. The average molecular weight is 567 g/mol. The van der Waals surface area contributed by atoms with Gasteiger partial charge in [0.1, 0.15) is 5.82 Å². The van der Waals surface area contributed by atoms with Crippen LogP contribution in [0.1, 0.15) is 36.5 Å². The zero-order valence-electron chi connectivity index (χ0n) is 24.2. The molecule has 10 heteroatoms. The monoisotopic (exact) mass is 566 g/mol. The molecule has 4 heterocycles. The van der Waals surface area contributed by atoms with E-state index in [-0.39, 0.29) is 6.10 Å². The Balaban J connectivity index is 1.27. The Hall–Kier alpha value is -4.25. The molecular weight excluding hydrogens is 528 g/mol. The van der Waals surface area contributed by atoms with Crippen molar-refractivity contribution < 1.29 is 9.47 Å². The van der Waals surface area contributed by atoms with Crippen LogP contribution in [0.3, 0.4) is 0 Å². The maximum absolute atomic E-state index is 6.31. The Labute approximate surface area is 246 Å². The fourth-order valence-electron chi connectivity index (χ4n) is 4.63. The largest absolute Gasteiger partial charge is 0.404 e. The molecule has 1 aliphatic rings. The number of morpholine rings is 1. The maximum atomic E-state index is 6.31. The molecule has 0 bridgehead atoms. The van der Waals surface area contributed by atoms with Crippen LogP contribution in [0.2, 0.25) is 0 Å². The number of aromatic nitrogens is 4. The Bertz CT molecular complexity index is 1500. The van der Waals surface area contributed by atoms with Crippen molar-refractivity contribution in [2.75, 3.05) is 44.7 Å². The molecule has 1 aromatic carbocycles. The summed E-state index contributed by atoms with van der Waals surface area (Å²) in [7, 11) is 0. The number of hydrogen-bond donors (Lipinski definition) is 2. The Kier molecular flexibility index (Phi) is 10.2. The fourth-order valence-corrected chi connectivity index (χ4v) is 4.63. The van der Waals surface area contributed by atoms with Gasteiger partial charge in [0.15, 0.2) is 5.82 Å². The molecule has 0 radical (unpaired) electrons. The number of ether oxygens (including phenoxy) is 2. The Morgan fingerprint density at radius 1 is 1.07 bits per heavy atom. The van der Waals surface area contributed by atoms with Crippen LogP contribution in [0.15, 0.2) is 78.2 Å². The summed E-state index contributed by atoms with van der Waals surface area (Å²) in [6.45, 7) is 9.35. The summed E-state index contributed by atoms with van der Waals surface area (Å²) in [6, 6.07) is 18.0. The van der Waals surface area contributed by atoms with Crippen molar-refractivity contribution in [3.05, 3.63) is 89.9 Å². The van der Waals surface area contributed by atoms with Crippen molar-refractivity contribution in [1.82, 2.24) is 25.1 Å². The number of benzene rings is 1. The molecular formula is C32H38N8O2. The van der Waals surface area contributed by atoms with E-state index >= 15 is 0 Å². The van der Waals surface area contributed by atoms with Gasteiger partial charge in [-0.2, -0.15) is 5.10 Å². The SMILES string of the molecule is CC(C)c1cnnc(Nc2ccc3ncc(C(C=NCC(CN4CCOCC4)OCc4ccccc4)=CN)cc3n2)c1. The van der Waals surface area contributed by atoms with Crippen molar-refractivity contribution in [3.63, 3.8) is 0 Å². The highest BCUT2D eigenvalue weighted by atomic mass is 16.5. The number of rotatable bonds is 12. The van der Waals surface area contributed by atoms with Gasteiger partial charge in [-0.25, -0.2) is 4.98 Å². The van der Waals surface area contributed by atoms with Crippen LogP contribution < -0.4 is 11.1 Å². The molecule has 0 saturated carbocycles. The molecule has 10 nitrogen and oxygen atoms in total. The van der Waals surface area contributed by atoms with Gasteiger partial charge in [0.05, 0.1) is 49.7 Å². The van der Waals surface area contributed by atoms with Crippen LogP contribution >= 0.6 is 0 Å². The second-order valence-corrected chi connectivity index (χ2v) is 10.6. The fraction of sp³-hybridized carbons (Fsp3) is 0.344. The van der Waals surface area contributed by atoms with Crippen LogP contribution in [0.5, 0.6) is 0 Å². The van der Waals surface area contributed by atoms with Gasteiger partial charge in [-0.15, -0.1) is 5.10 Å². The van der Waals surface area contributed by atoms with E-state index in [0.29, 0.717) is 30.7 Å². The lowest BCUT2D eigenvalue weighted by molar-refractivity contribution is -0.0141. The van der Waals surface area contributed by atoms with Gasteiger partial charge >= 0.3 is 0 Å². The van der Waals surface area contributed by atoms with E-state index in [1.807, 2.05) is 42.5 Å². The highest BCUT2D eigenvalue weighted by Crippen LogP contribution is 2.22. The molecule has 3 N–H and O–H groups in total. The van der Waals surface area contributed by atoms with Crippen molar-refractivity contribution in [3.8, 4) is 0 Å². The van der Waals surface area contributed by atoms with Gasteiger partial charge in [-0.1, -0.05) is 44.2 Å². The molecule has 3 aromatic heterocycles. The van der Waals surface area contributed by atoms with Gasteiger partial charge in [0.2, 0.25) is 0 Å². The summed E-state index contributed by atoms with van der Waals surface area (Å²) >= 11 is 0. The number of pyridine rings is 2. The molecule has 218 valence electrons. The van der Waals surface area contributed by atoms with Gasteiger partial charge in [-0.3, -0.25) is 14.9 Å². The van der Waals surface area contributed by atoms with Crippen molar-refractivity contribution in [1.29, 1.82) is 0 Å². The zero-order chi connectivity index (χ0) is 29.1. The minimum Gasteiger partial charge on any atom is -0.404 e. The topological polar surface area (TPSA) is 124 Å². The smallest absolute Gasteiger partial charge is 0.154 e. The summed E-state index contributed by atoms with van der Waals surface area (Å²) in [5.74, 6) is 1.66. The molecule has 42 heavy (non-hydrogen) atoms. The third kappa shape index (κ3) is 8.16. The van der Waals surface area contributed by atoms with Crippen LogP contribution in [0.25, 0.3) is 16.6 Å². The average Bonchev–Trinajstić information content (AvgIpc) is 3.02. The first kappa shape index (κ1) is 29.2. The van der Waals surface area contributed by atoms with Crippen LogP contribution in [0, 0.1) is 0 Å².